The molecule has 41 heavy (non-hydrogen) atoms. The van der Waals surface area contributed by atoms with E-state index < -0.39 is 0 Å². The third-order valence-corrected chi connectivity index (χ3v) is 9.09. The highest BCUT2D eigenvalue weighted by Crippen LogP contribution is 2.44. The van der Waals surface area contributed by atoms with E-state index in [1.807, 2.05) is 18.2 Å². The van der Waals surface area contributed by atoms with E-state index in [4.69, 9.17) is 4.42 Å². The molecule has 2 heterocycles. The summed E-state index contributed by atoms with van der Waals surface area (Å²) in [5.74, 6) is 1.18. The van der Waals surface area contributed by atoms with E-state index in [1.165, 1.54) is 36.8 Å². The Morgan fingerprint density at radius 1 is 0.707 bits per heavy atom. The standard InChI is InChI=1S/C38H33N2O/c1-25-14-20-32-33-21-19-31(24-39)36(38(33)41-37(32)35(25)34-13-6-7-22-40(34)2)30-12-8-11-29(23-30)28-17-15-27(16-18-28)26-9-4-3-5-10-26/h3-14,19-23,27-28H,15-18H2,1-2H3/q+1. The van der Waals surface area contributed by atoms with Crippen molar-refractivity contribution >= 4 is 21.9 Å². The first-order valence-corrected chi connectivity index (χ1v) is 14.6. The molecule has 3 heteroatoms. The van der Waals surface area contributed by atoms with E-state index in [-0.39, 0.29) is 0 Å². The summed E-state index contributed by atoms with van der Waals surface area (Å²) in [6, 6.07) is 36.8. The Kier molecular flexibility index (Phi) is 6.40. The van der Waals surface area contributed by atoms with E-state index in [0.29, 0.717) is 17.4 Å². The molecule has 0 aliphatic heterocycles. The molecule has 2 aromatic heterocycles. The largest absolute Gasteiger partial charge is 0.454 e. The fourth-order valence-corrected chi connectivity index (χ4v) is 6.92. The number of aromatic nitrogens is 1. The number of benzene rings is 4. The maximum atomic E-state index is 10.2. The van der Waals surface area contributed by atoms with Gasteiger partial charge in [0.1, 0.15) is 18.2 Å². The van der Waals surface area contributed by atoms with Gasteiger partial charge in [-0.3, -0.25) is 0 Å². The van der Waals surface area contributed by atoms with Crippen molar-refractivity contribution in [3.05, 3.63) is 126 Å². The summed E-state index contributed by atoms with van der Waals surface area (Å²) in [6.45, 7) is 2.13. The number of fused-ring (bicyclic) bond motifs is 3. The minimum absolute atomic E-state index is 0.530. The monoisotopic (exact) mass is 533 g/mol. The van der Waals surface area contributed by atoms with E-state index in [9.17, 15) is 5.26 Å². The zero-order valence-corrected chi connectivity index (χ0v) is 23.6. The Labute approximate surface area is 241 Å². The van der Waals surface area contributed by atoms with E-state index >= 15 is 0 Å². The maximum absolute atomic E-state index is 10.2. The molecule has 1 fully saturated rings. The Morgan fingerprint density at radius 3 is 2.10 bits per heavy atom. The number of aryl methyl sites for hydroxylation is 2. The van der Waals surface area contributed by atoms with Gasteiger partial charge in [0.2, 0.25) is 5.69 Å². The summed E-state index contributed by atoms with van der Waals surface area (Å²) in [4.78, 5) is 0. The van der Waals surface area contributed by atoms with Crippen molar-refractivity contribution in [2.24, 2.45) is 7.05 Å². The number of nitriles is 1. The van der Waals surface area contributed by atoms with Crippen molar-refractivity contribution in [3.8, 4) is 28.5 Å². The Morgan fingerprint density at radius 2 is 1.37 bits per heavy atom. The van der Waals surface area contributed by atoms with Gasteiger partial charge in [0.05, 0.1) is 17.2 Å². The maximum Gasteiger partial charge on any atom is 0.216 e. The summed E-state index contributed by atoms with van der Waals surface area (Å²) < 4.78 is 8.92. The van der Waals surface area contributed by atoms with Crippen LogP contribution in [0.15, 0.2) is 108 Å². The molecule has 0 atom stereocenters. The summed E-state index contributed by atoms with van der Waals surface area (Å²) in [6.07, 6.45) is 6.84. The molecule has 0 spiro atoms. The van der Waals surface area contributed by atoms with Gasteiger partial charge < -0.3 is 4.42 Å². The minimum Gasteiger partial charge on any atom is -0.454 e. The Hall–Kier alpha value is -4.68. The van der Waals surface area contributed by atoms with Crippen LogP contribution in [0.2, 0.25) is 0 Å². The third kappa shape index (κ3) is 4.41. The van der Waals surface area contributed by atoms with Crippen LogP contribution in [0.3, 0.4) is 0 Å². The van der Waals surface area contributed by atoms with Crippen LogP contribution in [0.25, 0.3) is 44.3 Å². The Balaban J connectivity index is 1.32. The lowest BCUT2D eigenvalue weighted by Gasteiger charge is -2.29. The normalized spacial score (nSPS) is 17.1. The van der Waals surface area contributed by atoms with E-state index in [1.54, 1.807) is 0 Å². The highest BCUT2D eigenvalue weighted by molar-refractivity contribution is 6.14. The van der Waals surface area contributed by atoms with Crippen molar-refractivity contribution in [1.82, 2.24) is 0 Å². The van der Waals surface area contributed by atoms with Gasteiger partial charge in [0.15, 0.2) is 6.20 Å². The molecule has 7 rings (SSSR count). The van der Waals surface area contributed by atoms with Gasteiger partial charge in [-0.1, -0.05) is 66.7 Å². The first kappa shape index (κ1) is 25.3. The number of rotatable bonds is 4. The summed E-state index contributed by atoms with van der Waals surface area (Å²) in [5, 5.41) is 12.3. The number of hydrogen-bond acceptors (Lipinski definition) is 2. The van der Waals surface area contributed by atoms with Crippen molar-refractivity contribution in [2.75, 3.05) is 0 Å². The lowest BCUT2D eigenvalue weighted by Crippen LogP contribution is -2.30. The van der Waals surface area contributed by atoms with E-state index in [0.717, 1.165) is 49.9 Å². The van der Waals surface area contributed by atoms with Crippen LogP contribution >= 0.6 is 0 Å². The topological polar surface area (TPSA) is 40.8 Å². The molecule has 1 aliphatic rings. The number of nitrogens with zero attached hydrogens (tertiary/aromatic N) is 2. The molecule has 4 aromatic carbocycles. The number of furan rings is 1. The third-order valence-electron chi connectivity index (χ3n) is 9.09. The lowest BCUT2D eigenvalue weighted by atomic mass is 9.76. The average molecular weight is 534 g/mol. The molecule has 0 saturated heterocycles. The first-order valence-electron chi connectivity index (χ1n) is 14.6. The van der Waals surface area contributed by atoms with Crippen LogP contribution in [0.1, 0.15) is 59.8 Å². The summed E-state index contributed by atoms with van der Waals surface area (Å²) in [7, 11) is 2.06. The van der Waals surface area contributed by atoms with Crippen molar-refractivity contribution in [2.45, 2.75) is 44.4 Å². The van der Waals surface area contributed by atoms with Crippen LogP contribution in [-0.4, -0.2) is 0 Å². The van der Waals surface area contributed by atoms with Crippen molar-refractivity contribution < 1.29 is 8.98 Å². The van der Waals surface area contributed by atoms with Crippen LogP contribution in [0.5, 0.6) is 0 Å². The predicted molar refractivity (Wildman–Crippen MR) is 166 cm³/mol. The molecule has 3 nitrogen and oxygen atoms in total. The van der Waals surface area contributed by atoms with Gasteiger partial charge in [0.25, 0.3) is 0 Å². The van der Waals surface area contributed by atoms with E-state index in [2.05, 4.69) is 110 Å². The second-order valence-corrected chi connectivity index (χ2v) is 11.5. The molecule has 0 N–H and O–H groups in total. The van der Waals surface area contributed by atoms with Crippen molar-refractivity contribution in [3.63, 3.8) is 0 Å². The fraction of sp³-hybridized carbons (Fsp3) is 0.211. The molecule has 0 radical (unpaired) electrons. The van der Waals surface area contributed by atoms with Gasteiger partial charge in [-0.05, 0) is 84.9 Å². The lowest BCUT2D eigenvalue weighted by molar-refractivity contribution is -0.660. The van der Waals surface area contributed by atoms with Crippen LogP contribution in [0, 0.1) is 18.3 Å². The van der Waals surface area contributed by atoms with Gasteiger partial charge in [-0.2, -0.15) is 5.26 Å². The average Bonchev–Trinajstić information content (AvgIpc) is 3.40. The summed E-state index contributed by atoms with van der Waals surface area (Å²) >= 11 is 0. The second-order valence-electron chi connectivity index (χ2n) is 11.5. The molecule has 0 amide bonds. The smallest absolute Gasteiger partial charge is 0.216 e. The van der Waals surface area contributed by atoms with Gasteiger partial charge in [-0.25, -0.2) is 4.57 Å². The first-order chi connectivity index (χ1) is 20.1. The zero-order chi connectivity index (χ0) is 27.9. The van der Waals surface area contributed by atoms with Crippen LogP contribution in [-0.2, 0) is 7.05 Å². The Bertz CT molecular complexity index is 1940. The molecule has 1 saturated carbocycles. The highest BCUT2D eigenvalue weighted by Gasteiger charge is 2.25. The molecule has 0 bridgehead atoms. The van der Waals surface area contributed by atoms with Gasteiger partial charge >= 0.3 is 0 Å². The van der Waals surface area contributed by atoms with Crippen LogP contribution in [0.4, 0.5) is 0 Å². The SMILES string of the molecule is Cc1ccc2c(oc3c(-c4cccc(C5CCC(c6ccccc6)CC5)c4)c(C#N)ccc32)c1-c1cccc[n+]1C. The molecule has 0 unspecified atom stereocenters. The minimum atomic E-state index is 0.530. The predicted octanol–water partition coefficient (Wildman–Crippen LogP) is 9.37. The van der Waals surface area contributed by atoms with Gasteiger partial charge in [0, 0.05) is 28.5 Å². The van der Waals surface area contributed by atoms with Gasteiger partial charge in [-0.15, -0.1) is 0 Å². The van der Waals surface area contributed by atoms with Crippen molar-refractivity contribution in [1.29, 1.82) is 5.26 Å². The molecular formula is C38H33N2O+. The number of pyridine rings is 1. The van der Waals surface area contributed by atoms with Crippen LogP contribution < -0.4 is 4.57 Å². The highest BCUT2D eigenvalue weighted by atomic mass is 16.3. The molecule has 200 valence electrons. The second kappa shape index (κ2) is 10.4. The molecule has 1 aliphatic carbocycles. The number of hydrogen-bond donors (Lipinski definition) is 0. The molecular weight excluding hydrogens is 500 g/mol. The quantitative estimate of drug-likeness (QED) is 0.212. The summed E-state index contributed by atoms with van der Waals surface area (Å²) in [5.41, 5.74) is 10.4. The molecule has 6 aromatic rings. The zero-order valence-electron chi connectivity index (χ0n) is 23.6. The fourth-order valence-electron chi connectivity index (χ4n) is 6.92.